The molecule has 0 spiro atoms. The number of carbonyl (C=O) groups excluding carboxylic acids is 1. The fraction of sp³-hybridized carbons (Fsp3) is 0.611. The summed E-state index contributed by atoms with van der Waals surface area (Å²) < 4.78 is 11.7. The van der Waals surface area contributed by atoms with E-state index in [1.165, 1.54) is 0 Å². The molecule has 1 aliphatic rings. The molecular weight excluding hydrogens is 419 g/mol. The normalized spacial score (nSPS) is 17.7. The zero-order valence-corrected chi connectivity index (χ0v) is 17.5. The van der Waals surface area contributed by atoms with E-state index >= 15 is 0 Å². The predicted molar refractivity (Wildman–Crippen MR) is 106 cm³/mol. The standard InChI is InChI=1S/C18H27IN2O3/c1-18(2,11-19)17(22)21-10-13(20(3)4)7-12-8-15(23-5)16(24-6)9-14(12)21/h8-9,13H,7,10-11H2,1-6H3. The Morgan fingerprint density at radius 3 is 2.38 bits per heavy atom. The molecule has 0 N–H and O–H groups in total. The molecule has 1 aromatic rings. The third kappa shape index (κ3) is 3.64. The summed E-state index contributed by atoms with van der Waals surface area (Å²) >= 11 is 2.28. The Hall–Kier alpha value is -1.02. The average molecular weight is 446 g/mol. The highest BCUT2D eigenvalue weighted by molar-refractivity contribution is 14.1. The summed E-state index contributed by atoms with van der Waals surface area (Å²) in [5.41, 5.74) is 1.66. The molecule has 0 bridgehead atoms. The van der Waals surface area contributed by atoms with Gasteiger partial charge in [0.05, 0.1) is 25.3 Å². The number of halogens is 1. The molecule has 0 radical (unpaired) electrons. The van der Waals surface area contributed by atoms with E-state index in [1.54, 1.807) is 14.2 Å². The largest absolute Gasteiger partial charge is 0.493 e. The van der Waals surface area contributed by atoms with E-state index in [1.807, 2.05) is 30.9 Å². The van der Waals surface area contributed by atoms with Crippen molar-refractivity contribution in [3.05, 3.63) is 17.7 Å². The summed E-state index contributed by atoms with van der Waals surface area (Å²) in [6, 6.07) is 4.21. The second-order valence-corrected chi connectivity index (χ2v) is 7.85. The van der Waals surface area contributed by atoms with Gasteiger partial charge in [0.25, 0.3) is 0 Å². The van der Waals surface area contributed by atoms with Crippen LogP contribution in [0, 0.1) is 5.41 Å². The van der Waals surface area contributed by atoms with Gasteiger partial charge >= 0.3 is 0 Å². The highest BCUT2D eigenvalue weighted by Gasteiger charge is 2.37. The first-order valence-electron chi connectivity index (χ1n) is 8.04. The highest BCUT2D eigenvalue weighted by atomic mass is 127. The first-order chi connectivity index (χ1) is 11.2. The molecule has 0 saturated heterocycles. The van der Waals surface area contributed by atoms with Crippen LogP contribution in [0.15, 0.2) is 12.1 Å². The van der Waals surface area contributed by atoms with Crippen molar-refractivity contribution in [3.63, 3.8) is 0 Å². The average Bonchev–Trinajstić information content (AvgIpc) is 2.58. The molecule has 24 heavy (non-hydrogen) atoms. The van der Waals surface area contributed by atoms with Crippen molar-refractivity contribution in [1.82, 2.24) is 4.90 Å². The van der Waals surface area contributed by atoms with Crippen LogP contribution in [-0.2, 0) is 11.2 Å². The molecule has 2 rings (SSSR count). The molecule has 1 unspecified atom stereocenters. The van der Waals surface area contributed by atoms with E-state index in [2.05, 4.69) is 41.6 Å². The van der Waals surface area contributed by atoms with Crippen LogP contribution in [0.4, 0.5) is 5.69 Å². The molecule has 1 atom stereocenters. The lowest BCUT2D eigenvalue weighted by Gasteiger charge is -2.40. The minimum Gasteiger partial charge on any atom is -0.493 e. The number of nitrogens with zero attached hydrogens (tertiary/aromatic N) is 2. The topological polar surface area (TPSA) is 42.0 Å². The number of carbonyl (C=O) groups is 1. The number of methoxy groups -OCH3 is 2. The fourth-order valence-electron chi connectivity index (χ4n) is 2.91. The molecule has 1 aromatic carbocycles. The number of hydrogen-bond donors (Lipinski definition) is 0. The Kier molecular flexibility index (Phi) is 6.01. The van der Waals surface area contributed by atoms with Gasteiger partial charge in [-0.15, -0.1) is 0 Å². The summed E-state index contributed by atoms with van der Waals surface area (Å²) in [6.07, 6.45) is 0.886. The van der Waals surface area contributed by atoms with Crippen LogP contribution < -0.4 is 14.4 Å². The van der Waals surface area contributed by atoms with Crippen LogP contribution in [0.1, 0.15) is 19.4 Å². The van der Waals surface area contributed by atoms with Crippen molar-refractivity contribution in [2.75, 3.05) is 44.2 Å². The molecule has 0 aliphatic carbocycles. The molecule has 1 heterocycles. The Morgan fingerprint density at radius 1 is 1.29 bits per heavy atom. The third-order valence-electron chi connectivity index (χ3n) is 4.61. The number of hydrogen-bond acceptors (Lipinski definition) is 4. The van der Waals surface area contributed by atoms with Crippen molar-refractivity contribution >= 4 is 34.2 Å². The molecule has 0 aromatic heterocycles. The first kappa shape index (κ1) is 19.3. The molecule has 5 nitrogen and oxygen atoms in total. The van der Waals surface area contributed by atoms with Gasteiger partial charge in [0.1, 0.15) is 0 Å². The van der Waals surface area contributed by atoms with Gasteiger partial charge in [-0.3, -0.25) is 4.79 Å². The Balaban J connectivity index is 2.54. The number of amides is 1. The predicted octanol–water partition coefficient (Wildman–Crippen LogP) is 2.98. The van der Waals surface area contributed by atoms with Crippen LogP contribution >= 0.6 is 22.6 Å². The van der Waals surface area contributed by atoms with Gasteiger partial charge in [0.2, 0.25) is 5.91 Å². The minimum atomic E-state index is -0.404. The number of ether oxygens (including phenoxy) is 2. The van der Waals surface area contributed by atoms with Crippen molar-refractivity contribution in [2.24, 2.45) is 5.41 Å². The molecule has 6 heteroatoms. The van der Waals surface area contributed by atoms with E-state index in [9.17, 15) is 4.79 Å². The van der Waals surface area contributed by atoms with Gasteiger partial charge in [-0.05, 0) is 32.1 Å². The number of fused-ring (bicyclic) bond motifs is 1. The molecule has 0 saturated carbocycles. The van der Waals surface area contributed by atoms with Crippen molar-refractivity contribution in [1.29, 1.82) is 0 Å². The van der Waals surface area contributed by atoms with E-state index in [0.717, 1.165) is 22.1 Å². The van der Waals surface area contributed by atoms with Crippen LogP contribution in [0.3, 0.4) is 0 Å². The number of anilines is 1. The maximum Gasteiger partial charge on any atom is 0.233 e. The van der Waals surface area contributed by atoms with Crippen LogP contribution in [0.2, 0.25) is 0 Å². The summed E-state index contributed by atoms with van der Waals surface area (Å²) in [5, 5.41) is 0. The maximum atomic E-state index is 13.2. The first-order valence-corrected chi connectivity index (χ1v) is 9.57. The molecule has 134 valence electrons. The molecule has 1 amide bonds. The highest BCUT2D eigenvalue weighted by Crippen LogP contribution is 2.40. The zero-order valence-electron chi connectivity index (χ0n) is 15.4. The Labute approximate surface area is 158 Å². The lowest BCUT2D eigenvalue weighted by atomic mass is 9.90. The second kappa shape index (κ2) is 7.47. The lowest BCUT2D eigenvalue weighted by Crippen LogP contribution is -2.52. The summed E-state index contributed by atoms with van der Waals surface area (Å²) in [5.74, 6) is 1.51. The SMILES string of the molecule is COc1cc2c(cc1OC)N(C(=O)C(C)(C)CI)CC(N(C)C)C2. The number of likely N-dealkylation sites (N-methyl/N-ethyl adjacent to an activating group) is 1. The van der Waals surface area contributed by atoms with Gasteiger partial charge in [-0.25, -0.2) is 0 Å². The Bertz CT molecular complexity index is 617. The minimum absolute atomic E-state index is 0.150. The summed E-state index contributed by atoms with van der Waals surface area (Å²) in [7, 11) is 7.38. The van der Waals surface area contributed by atoms with Crippen molar-refractivity contribution in [2.45, 2.75) is 26.3 Å². The number of rotatable bonds is 5. The van der Waals surface area contributed by atoms with Gasteiger partial charge in [-0.2, -0.15) is 0 Å². The monoisotopic (exact) mass is 446 g/mol. The van der Waals surface area contributed by atoms with Gasteiger partial charge in [-0.1, -0.05) is 36.4 Å². The van der Waals surface area contributed by atoms with Crippen molar-refractivity contribution in [3.8, 4) is 11.5 Å². The summed E-state index contributed by atoms with van der Waals surface area (Å²) in [4.78, 5) is 17.3. The smallest absolute Gasteiger partial charge is 0.233 e. The van der Waals surface area contributed by atoms with Crippen LogP contribution in [0.25, 0.3) is 0 Å². The van der Waals surface area contributed by atoms with E-state index in [-0.39, 0.29) is 11.9 Å². The summed E-state index contributed by atoms with van der Waals surface area (Å²) in [6.45, 7) is 4.69. The zero-order chi connectivity index (χ0) is 18.1. The lowest BCUT2D eigenvalue weighted by molar-refractivity contribution is -0.125. The molecule has 0 fully saturated rings. The van der Waals surface area contributed by atoms with E-state index in [0.29, 0.717) is 18.0 Å². The number of benzene rings is 1. The van der Waals surface area contributed by atoms with Crippen LogP contribution in [0.5, 0.6) is 11.5 Å². The quantitative estimate of drug-likeness (QED) is 0.516. The van der Waals surface area contributed by atoms with Gasteiger partial charge < -0.3 is 19.3 Å². The molecule has 1 aliphatic heterocycles. The fourth-order valence-corrected chi connectivity index (χ4v) is 3.24. The van der Waals surface area contributed by atoms with E-state index in [4.69, 9.17) is 9.47 Å². The van der Waals surface area contributed by atoms with Crippen LogP contribution in [-0.4, -0.2) is 56.1 Å². The van der Waals surface area contributed by atoms with Crippen molar-refractivity contribution < 1.29 is 14.3 Å². The number of alkyl halides is 1. The van der Waals surface area contributed by atoms with Gasteiger partial charge in [0.15, 0.2) is 11.5 Å². The third-order valence-corrected chi connectivity index (χ3v) is 6.52. The second-order valence-electron chi connectivity index (χ2n) is 7.09. The maximum absolute atomic E-state index is 13.2. The van der Waals surface area contributed by atoms with Gasteiger partial charge in [0, 0.05) is 23.1 Å². The Morgan fingerprint density at radius 2 is 1.88 bits per heavy atom. The van der Waals surface area contributed by atoms with E-state index < -0.39 is 5.41 Å². The molecular formula is C18H27IN2O3.